The lowest BCUT2D eigenvalue weighted by Crippen LogP contribution is -2.49. The van der Waals surface area contributed by atoms with Crippen molar-refractivity contribution in [2.75, 3.05) is 20.2 Å². The van der Waals surface area contributed by atoms with Gasteiger partial charge in [-0.2, -0.15) is 5.26 Å². The molecule has 0 aliphatic carbocycles. The van der Waals surface area contributed by atoms with Crippen LogP contribution in [0.3, 0.4) is 0 Å². The van der Waals surface area contributed by atoms with E-state index in [1.807, 2.05) is 39.0 Å². The van der Waals surface area contributed by atoms with Gasteiger partial charge in [0.25, 0.3) is 5.91 Å². The zero-order valence-electron chi connectivity index (χ0n) is 21.1. The van der Waals surface area contributed by atoms with Gasteiger partial charge in [0.05, 0.1) is 24.9 Å². The fraction of sp³-hybridized carbons (Fsp3) is 0.538. The highest BCUT2D eigenvalue weighted by Gasteiger charge is 2.43. The molecule has 2 fully saturated rings. The molecular weight excluding hydrogens is 462 g/mol. The lowest BCUT2D eigenvalue weighted by Gasteiger charge is -2.25. The molecule has 2 aromatic rings. The number of nitriles is 1. The summed E-state index contributed by atoms with van der Waals surface area (Å²) in [4.78, 5) is 43.6. The van der Waals surface area contributed by atoms with Crippen molar-refractivity contribution in [1.29, 1.82) is 5.26 Å². The molecule has 2 aliphatic heterocycles. The van der Waals surface area contributed by atoms with Crippen LogP contribution in [0.2, 0.25) is 0 Å². The van der Waals surface area contributed by atoms with E-state index in [2.05, 4.69) is 21.7 Å². The molecule has 4 atom stereocenters. The number of hydrogen-bond donors (Lipinski definition) is 3. The van der Waals surface area contributed by atoms with Crippen LogP contribution < -0.4 is 15.4 Å². The highest BCUT2D eigenvalue weighted by atomic mass is 16.5. The normalized spacial score (nSPS) is 22.8. The van der Waals surface area contributed by atoms with Gasteiger partial charge in [-0.15, -0.1) is 0 Å². The quantitative estimate of drug-likeness (QED) is 0.538. The van der Waals surface area contributed by atoms with Crippen molar-refractivity contribution in [3.05, 3.63) is 30.0 Å². The van der Waals surface area contributed by atoms with E-state index in [-0.39, 0.29) is 36.8 Å². The number of hydrogen-bond acceptors (Lipinski definition) is 6. The summed E-state index contributed by atoms with van der Waals surface area (Å²) in [7, 11) is 1.57. The average molecular weight is 496 g/mol. The molecule has 3 N–H and O–H groups in total. The molecule has 3 amide bonds. The second-order valence-corrected chi connectivity index (χ2v) is 10.4. The number of ether oxygens (including phenoxy) is 2. The first-order chi connectivity index (χ1) is 17.1. The number of fused-ring (bicyclic) bond motifs is 1. The lowest BCUT2D eigenvalue weighted by atomic mass is 9.98. The van der Waals surface area contributed by atoms with Crippen molar-refractivity contribution in [3.63, 3.8) is 0 Å². The van der Waals surface area contributed by atoms with Gasteiger partial charge in [0.2, 0.25) is 11.8 Å². The molecule has 36 heavy (non-hydrogen) atoms. The van der Waals surface area contributed by atoms with Gasteiger partial charge >= 0.3 is 0 Å². The van der Waals surface area contributed by atoms with Crippen LogP contribution in [0.1, 0.15) is 50.5 Å². The van der Waals surface area contributed by atoms with E-state index in [0.29, 0.717) is 30.8 Å². The second-order valence-electron chi connectivity index (χ2n) is 10.4. The molecule has 0 saturated carbocycles. The van der Waals surface area contributed by atoms with E-state index in [4.69, 9.17) is 9.47 Å². The van der Waals surface area contributed by atoms with Crippen LogP contribution >= 0.6 is 0 Å². The number of benzene rings is 1. The molecule has 3 heterocycles. The maximum atomic E-state index is 13.6. The number of H-pyrrole nitrogens is 1. The number of aromatic nitrogens is 1. The molecule has 1 unspecified atom stereocenters. The fourth-order valence-corrected chi connectivity index (χ4v) is 5.00. The number of aromatic amines is 1. The third-order valence-corrected chi connectivity index (χ3v) is 6.58. The maximum Gasteiger partial charge on any atom is 0.271 e. The van der Waals surface area contributed by atoms with Crippen molar-refractivity contribution >= 4 is 28.6 Å². The Bertz CT molecular complexity index is 1190. The smallest absolute Gasteiger partial charge is 0.271 e. The summed E-state index contributed by atoms with van der Waals surface area (Å²) in [5.41, 5.74) is 0.632. The summed E-state index contributed by atoms with van der Waals surface area (Å²) in [6.45, 7) is 6.59. The molecule has 0 spiro atoms. The monoisotopic (exact) mass is 495 g/mol. The number of rotatable bonds is 7. The summed E-state index contributed by atoms with van der Waals surface area (Å²) in [6.07, 6.45) is 0.829. The molecule has 0 bridgehead atoms. The molecule has 10 heteroatoms. The summed E-state index contributed by atoms with van der Waals surface area (Å²) >= 11 is 0. The van der Waals surface area contributed by atoms with Crippen molar-refractivity contribution < 1.29 is 23.9 Å². The van der Waals surface area contributed by atoms with Crippen molar-refractivity contribution in [1.82, 2.24) is 20.5 Å². The van der Waals surface area contributed by atoms with E-state index >= 15 is 0 Å². The first-order valence-electron chi connectivity index (χ1n) is 12.2. The van der Waals surface area contributed by atoms with Crippen LogP contribution in [0.5, 0.6) is 5.75 Å². The Kier molecular flexibility index (Phi) is 7.22. The Hall–Kier alpha value is -3.58. The topological polar surface area (TPSA) is 137 Å². The first kappa shape index (κ1) is 25.5. The fourth-order valence-electron chi connectivity index (χ4n) is 5.00. The Morgan fingerprint density at radius 2 is 2.11 bits per heavy atom. The average Bonchev–Trinajstić information content (AvgIpc) is 3.55. The minimum atomic E-state index is -0.830. The molecule has 4 rings (SSSR count). The first-order valence-corrected chi connectivity index (χ1v) is 12.2. The number of likely N-dealkylation sites (tertiary alicyclic amines) is 1. The largest absolute Gasteiger partial charge is 0.496 e. The molecule has 0 radical (unpaired) electrons. The van der Waals surface area contributed by atoms with E-state index in [0.717, 1.165) is 10.9 Å². The van der Waals surface area contributed by atoms with Crippen molar-refractivity contribution in [2.45, 2.75) is 63.8 Å². The minimum absolute atomic E-state index is 0.102. The number of methoxy groups -OCH3 is 1. The number of nitrogens with zero attached hydrogens (tertiary/aromatic N) is 2. The minimum Gasteiger partial charge on any atom is -0.496 e. The molecule has 10 nitrogen and oxygen atoms in total. The zero-order chi connectivity index (χ0) is 26.0. The Morgan fingerprint density at radius 1 is 1.33 bits per heavy atom. The highest BCUT2D eigenvalue weighted by Crippen LogP contribution is 2.30. The highest BCUT2D eigenvalue weighted by molar-refractivity contribution is 6.01. The number of nitrogens with one attached hydrogen (secondary N) is 3. The second kappa shape index (κ2) is 10.2. The molecule has 192 valence electrons. The summed E-state index contributed by atoms with van der Waals surface area (Å²) in [6, 6.07) is 7.67. The van der Waals surface area contributed by atoms with Gasteiger partial charge in [0.1, 0.15) is 23.5 Å². The van der Waals surface area contributed by atoms with Gasteiger partial charge in [-0.1, -0.05) is 6.07 Å². The summed E-state index contributed by atoms with van der Waals surface area (Å²) < 4.78 is 11.5. The number of amides is 3. The van der Waals surface area contributed by atoms with Crippen molar-refractivity contribution in [3.8, 4) is 11.8 Å². The van der Waals surface area contributed by atoms with Gasteiger partial charge in [0, 0.05) is 36.3 Å². The van der Waals surface area contributed by atoms with E-state index in [1.54, 1.807) is 13.2 Å². The summed E-state index contributed by atoms with van der Waals surface area (Å²) in [5, 5.41) is 15.9. The molecular formula is C26H33N5O5. The Labute approximate surface area is 210 Å². The molecule has 1 aromatic heterocycles. The third kappa shape index (κ3) is 5.46. The molecule has 2 saturated heterocycles. The van der Waals surface area contributed by atoms with Crippen LogP contribution in [0.4, 0.5) is 0 Å². The van der Waals surface area contributed by atoms with Gasteiger partial charge < -0.3 is 30.0 Å². The van der Waals surface area contributed by atoms with E-state index in [1.165, 1.54) is 4.90 Å². The van der Waals surface area contributed by atoms with Gasteiger partial charge in [0.15, 0.2) is 0 Å². The lowest BCUT2D eigenvalue weighted by molar-refractivity contribution is -0.126. The molecule has 2 aliphatic rings. The molecule has 1 aromatic carbocycles. The predicted molar refractivity (Wildman–Crippen MR) is 132 cm³/mol. The number of carbonyl (C=O) groups excluding carboxylic acids is 3. The van der Waals surface area contributed by atoms with Crippen molar-refractivity contribution in [2.24, 2.45) is 5.92 Å². The van der Waals surface area contributed by atoms with Crippen LogP contribution in [-0.2, 0) is 14.3 Å². The van der Waals surface area contributed by atoms with Crippen LogP contribution in [0, 0.1) is 17.2 Å². The SMILES string of the molecule is COc1cccc2[nH]c(C(=O)N3CC(OC(C)(C)C)C[C@H]3C(=O)N[C@H](C#N)C[C@@H]3CCNC3=O)cc12. The van der Waals surface area contributed by atoms with Crippen LogP contribution in [0.15, 0.2) is 24.3 Å². The number of carbonyl (C=O) groups is 3. The standard InChI is InChI=1S/C26H33N5O5/c1-26(2,3)36-17-11-21(24(33)29-16(13-27)10-15-8-9-28-23(15)32)31(14-17)25(34)20-12-18-19(30-20)6-5-7-22(18)35-4/h5-7,12,15-17,21,30H,8-11,14H2,1-4H3,(H,28,32)(H,29,33)/t15-,16-,17?,21-/m0/s1. The van der Waals surface area contributed by atoms with Crippen LogP contribution in [-0.4, -0.2) is 71.6 Å². The maximum absolute atomic E-state index is 13.6. The van der Waals surface area contributed by atoms with Gasteiger partial charge in [-0.3, -0.25) is 14.4 Å². The third-order valence-electron chi connectivity index (χ3n) is 6.58. The predicted octanol–water partition coefficient (Wildman–Crippen LogP) is 2.11. The van der Waals surface area contributed by atoms with Gasteiger partial charge in [-0.25, -0.2) is 0 Å². The summed E-state index contributed by atoms with van der Waals surface area (Å²) in [5.74, 6) is -0.538. The van der Waals surface area contributed by atoms with E-state index in [9.17, 15) is 19.6 Å². The van der Waals surface area contributed by atoms with E-state index < -0.39 is 23.6 Å². The van der Waals surface area contributed by atoms with Crippen LogP contribution in [0.25, 0.3) is 10.9 Å². The zero-order valence-corrected chi connectivity index (χ0v) is 21.1. The van der Waals surface area contributed by atoms with Gasteiger partial charge in [-0.05, 0) is 51.8 Å². The Balaban J connectivity index is 1.55. The Morgan fingerprint density at radius 3 is 2.75 bits per heavy atom.